The Morgan fingerprint density at radius 3 is 2.66 bits per heavy atom. The lowest BCUT2D eigenvalue weighted by molar-refractivity contribution is -0.119. The van der Waals surface area contributed by atoms with E-state index in [2.05, 4.69) is 15.3 Å². The fraction of sp³-hybridized carbons (Fsp3) is 0.400. The number of nitrogens with zero attached hydrogens (tertiary/aromatic N) is 4. The van der Waals surface area contributed by atoms with Gasteiger partial charge in [-0.15, -0.1) is 0 Å². The zero-order valence-corrected chi connectivity index (χ0v) is 16.8. The molecule has 1 aliphatic rings. The van der Waals surface area contributed by atoms with Crippen LogP contribution in [0.15, 0.2) is 24.5 Å². The number of pyridine rings is 2. The van der Waals surface area contributed by atoms with Crippen LogP contribution in [0.3, 0.4) is 0 Å². The molecule has 152 valence electrons. The van der Waals surface area contributed by atoms with Crippen LogP contribution in [0.25, 0.3) is 22.4 Å². The average molecular weight is 397 g/mol. The number of ether oxygens (including phenoxy) is 3. The summed E-state index contributed by atoms with van der Waals surface area (Å²) in [7, 11) is 4.99. The average Bonchev–Trinajstić information content (AvgIpc) is 3.33. The monoisotopic (exact) mass is 397 g/mol. The summed E-state index contributed by atoms with van der Waals surface area (Å²) in [6.45, 7) is 2.56. The van der Waals surface area contributed by atoms with Crippen molar-refractivity contribution in [2.24, 2.45) is 13.0 Å². The molecular formula is C20H23N5O4. The summed E-state index contributed by atoms with van der Waals surface area (Å²) >= 11 is 0. The topological polar surface area (TPSA) is 100 Å². The Kier molecular flexibility index (Phi) is 4.96. The number of imidazole rings is 1. The number of hydrogen-bond acceptors (Lipinski definition) is 7. The third-order valence-electron chi connectivity index (χ3n) is 5.13. The molecule has 1 amide bonds. The molecule has 3 aromatic rings. The van der Waals surface area contributed by atoms with Gasteiger partial charge in [0.25, 0.3) is 5.88 Å². The highest BCUT2D eigenvalue weighted by molar-refractivity contribution is 5.84. The maximum atomic E-state index is 11.6. The van der Waals surface area contributed by atoms with Crippen molar-refractivity contribution in [2.75, 3.05) is 20.8 Å². The highest BCUT2D eigenvalue weighted by Gasteiger charge is 2.29. The van der Waals surface area contributed by atoms with E-state index in [1.807, 2.05) is 30.7 Å². The van der Waals surface area contributed by atoms with E-state index < -0.39 is 0 Å². The van der Waals surface area contributed by atoms with Crippen molar-refractivity contribution in [3.8, 4) is 28.9 Å². The maximum Gasteiger partial charge on any atom is 0.257 e. The molecule has 4 heterocycles. The van der Waals surface area contributed by atoms with Crippen LogP contribution in [-0.2, 0) is 11.8 Å². The standard InChI is InChI=1S/C20H23N5O4/c1-11(12-7-17(26)21-9-12)29-20-18-15(22-10-25(18)2)8-14(24-20)13-5-6-16(27-3)19(23-13)28-4/h5-6,8,10-12H,7,9H2,1-4H3,(H,21,26)/t11-,12-/m1/s1. The number of nitrogens with one attached hydrogen (secondary N) is 1. The number of amides is 1. The Bertz CT molecular complexity index is 1060. The molecule has 9 nitrogen and oxygen atoms in total. The van der Waals surface area contributed by atoms with E-state index >= 15 is 0 Å². The van der Waals surface area contributed by atoms with Crippen LogP contribution in [0.1, 0.15) is 13.3 Å². The molecule has 9 heteroatoms. The summed E-state index contributed by atoms with van der Waals surface area (Å²) in [5.74, 6) is 1.52. The van der Waals surface area contributed by atoms with Gasteiger partial charge in [0.15, 0.2) is 5.75 Å². The molecule has 1 saturated heterocycles. The lowest BCUT2D eigenvalue weighted by Gasteiger charge is -2.20. The molecule has 0 bridgehead atoms. The second-order valence-corrected chi connectivity index (χ2v) is 7.04. The summed E-state index contributed by atoms with van der Waals surface area (Å²) in [6, 6.07) is 5.46. The van der Waals surface area contributed by atoms with Crippen molar-refractivity contribution in [3.63, 3.8) is 0 Å². The smallest absolute Gasteiger partial charge is 0.257 e. The van der Waals surface area contributed by atoms with E-state index in [9.17, 15) is 4.79 Å². The van der Waals surface area contributed by atoms with Crippen LogP contribution in [0.5, 0.6) is 17.5 Å². The Labute approximate surface area is 168 Å². The summed E-state index contributed by atoms with van der Waals surface area (Å²) in [6.07, 6.45) is 1.98. The quantitative estimate of drug-likeness (QED) is 0.678. The first kappa shape index (κ1) is 19.0. The Morgan fingerprint density at radius 2 is 1.97 bits per heavy atom. The second kappa shape index (κ2) is 7.57. The van der Waals surface area contributed by atoms with Gasteiger partial charge in [0.2, 0.25) is 11.8 Å². The number of fused-ring (bicyclic) bond motifs is 1. The van der Waals surface area contributed by atoms with E-state index in [0.717, 1.165) is 11.0 Å². The second-order valence-electron chi connectivity index (χ2n) is 7.04. The van der Waals surface area contributed by atoms with E-state index in [0.29, 0.717) is 41.9 Å². The molecule has 0 aromatic carbocycles. The molecule has 3 aromatic heterocycles. The van der Waals surface area contributed by atoms with Gasteiger partial charge in [-0.25, -0.2) is 15.0 Å². The minimum atomic E-state index is -0.187. The van der Waals surface area contributed by atoms with Crippen LogP contribution in [0.2, 0.25) is 0 Å². The normalized spacial score (nSPS) is 17.2. The minimum Gasteiger partial charge on any atom is -0.491 e. The van der Waals surface area contributed by atoms with Crippen molar-refractivity contribution in [2.45, 2.75) is 19.4 Å². The predicted molar refractivity (Wildman–Crippen MR) is 106 cm³/mol. The molecule has 4 rings (SSSR count). The van der Waals surface area contributed by atoms with Crippen LogP contribution >= 0.6 is 0 Å². The van der Waals surface area contributed by atoms with Gasteiger partial charge in [-0.3, -0.25) is 4.79 Å². The Hall–Kier alpha value is -3.36. The molecule has 1 aliphatic heterocycles. The fourth-order valence-electron chi connectivity index (χ4n) is 3.46. The number of hydrogen-bond donors (Lipinski definition) is 1. The third-order valence-corrected chi connectivity index (χ3v) is 5.13. The molecule has 1 fully saturated rings. The van der Waals surface area contributed by atoms with Gasteiger partial charge in [-0.1, -0.05) is 0 Å². The number of aryl methyl sites for hydroxylation is 1. The van der Waals surface area contributed by atoms with E-state index in [1.165, 1.54) is 7.11 Å². The van der Waals surface area contributed by atoms with E-state index in [1.54, 1.807) is 19.5 Å². The van der Waals surface area contributed by atoms with Crippen molar-refractivity contribution in [3.05, 3.63) is 24.5 Å². The number of aromatic nitrogens is 4. The van der Waals surface area contributed by atoms with Crippen LogP contribution in [0.4, 0.5) is 0 Å². The zero-order valence-electron chi connectivity index (χ0n) is 16.8. The van der Waals surface area contributed by atoms with E-state index in [-0.39, 0.29) is 17.9 Å². The number of carbonyl (C=O) groups excluding carboxylic acids is 1. The molecule has 0 unspecified atom stereocenters. The Morgan fingerprint density at radius 1 is 1.17 bits per heavy atom. The lowest BCUT2D eigenvalue weighted by Crippen LogP contribution is -2.26. The largest absolute Gasteiger partial charge is 0.491 e. The number of rotatable bonds is 6. The van der Waals surface area contributed by atoms with Crippen LogP contribution in [-0.4, -0.2) is 52.3 Å². The first-order valence-corrected chi connectivity index (χ1v) is 9.35. The molecule has 29 heavy (non-hydrogen) atoms. The summed E-state index contributed by atoms with van der Waals surface area (Å²) < 4.78 is 18.7. The van der Waals surface area contributed by atoms with Crippen LogP contribution in [0, 0.1) is 5.92 Å². The van der Waals surface area contributed by atoms with Gasteiger partial charge < -0.3 is 24.1 Å². The summed E-state index contributed by atoms with van der Waals surface area (Å²) in [5, 5.41) is 2.85. The SMILES string of the molecule is COc1ccc(-c2cc3ncn(C)c3c(O[C@H](C)[C@H]3CNC(=O)C3)n2)nc1OC. The van der Waals surface area contributed by atoms with Crippen LogP contribution < -0.4 is 19.5 Å². The molecule has 2 atom stereocenters. The van der Waals surface area contributed by atoms with Gasteiger partial charge in [0, 0.05) is 25.9 Å². The first-order valence-electron chi connectivity index (χ1n) is 9.35. The summed E-state index contributed by atoms with van der Waals surface area (Å²) in [4.78, 5) is 25.2. The molecule has 0 aliphatic carbocycles. The predicted octanol–water partition coefficient (Wildman–Crippen LogP) is 1.95. The zero-order chi connectivity index (χ0) is 20.5. The van der Waals surface area contributed by atoms with Gasteiger partial charge in [-0.2, -0.15) is 0 Å². The molecule has 1 N–H and O–H groups in total. The van der Waals surface area contributed by atoms with Crippen molar-refractivity contribution >= 4 is 16.9 Å². The highest BCUT2D eigenvalue weighted by atomic mass is 16.5. The number of methoxy groups -OCH3 is 2. The highest BCUT2D eigenvalue weighted by Crippen LogP contribution is 2.32. The van der Waals surface area contributed by atoms with Crippen molar-refractivity contribution in [1.82, 2.24) is 24.8 Å². The van der Waals surface area contributed by atoms with Gasteiger partial charge in [-0.05, 0) is 25.1 Å². The summed E-state index contributed by atoms with van der Waals surface area (Å²) in [5.41, 5.74) is 2.76. The fourth-order valence-corrected chi connectivity index (χ4v) is 3.46. The van der Waals surface area contributed by atoms with Gasteiger partial charge in [0.05, 0.1) is 37.5 Å². The van der Waals surface area contributed by atoms with Gasteiger partial charge >= 0.3 is 0 Å². The Balaban J connectivity index is 1.74. The minimum absolute atomic E-state index is 0.0485. The lowest BCUT2D eigenvalue weighted by atomic mass is 10.0. The van der Waals surface area contributed by atoms with Crippen molar-refractivity contribution < 1.29 is 19.0 Å². The first-order chi connectivity index (χ1) is 14.0. The molecule has 0 radical (unpaired) electrons. The third kappa shape index (κ3) is 3.55. The molecule has 0 saturated carbocycles. The number of carbonyl (C=O) groups is 1. The van der Waals surface area contributed by atoms with Crippen molar-refractivity contribution in [1.29, 1.82) is 0 Å². The van der Waals surface area contributed by atoms with E-state index in [4.69, 9.17) is 19.2 Å². The van der Waals surface area contributed by atoms with Gasteiger partial charge in [0.1, 0.15) is 11.6 Å². The molecule has 0 spiro atoms. The maximum absolute atomic E-state index is 11.6. The molecular weight excluding hydrogens is 374 g/mol.